The SMILES string of the molecule is C[C@@H](NC(=O)c1ccc([C@@H]2SCC(=O)N2CCc2ccccc2)cc1)c1ccc(F)cc1. The number of hydrogen-bond acceptors (Lipinski definition) is 3. The van der Waals surface area contributed by atoms with Crippen molar-refractivity contribution in [2.45, 2.75) is 24.8 Å². The second kappa shape index (κ2) is 10.0. The summed E-state index contributed by atoms with van der Waals surface area (Å²) in [5.41, 5.74) is 3.61. The predicted molar refractivity (Wildman–Crippen MR) is 126 cm³/mol. The average Bonchev–Trinajstić information content (AvgIpc) is 3.19. The minimum absolute atomic E-state index is 0.0403. The molecule has 2 atom stereocenters. The van der Waals surface area contributed by atoms with E-state index in [9.17, 15) is 14.0 Å². The summed E-state index contributed by atoms with van der Waals surface area (Å²) >= 11 is 1.62. The van der Waals surface area contributed by atoms with Gasteiger partial charge in [-0.1, -0.05) is 54.6 Å². The van der Waals surface area contributed by atoms with Gasteiger partial charge in [0.05, 0.1) is 11.8 Å². The van der Waals surface area contributed by atoms with E-state index < -0.39 is 0 Å². The van der Waals surface area contributed by atoms with Crippen LogP contribution >= 0.6 is 11.8 Å². The smallest absolute Gasteiger partial charge is 0.251 e. The number of hydrogen-bond donors (Lipinski definition) is 1. The molecule has 1 heterocycles. The predicted octanol–water partition coefficient (Wildman–Crippen LogP) is 5.13. The van der Waals surface area contributed by atoms with Gasteiger partial charge in [0, 0.05) is 12.1 Å². The third-order valence-corrected chi connectivity index (χ3v) is 6.88. The lowest BCUT2D eigenvalue weighted by atomic mass is 10.1. The minimum atomic E-state index is -0.302. The zero-order valence-corrected chi connectivity index (χ0v) is 18.6. The molecule has 0 spiro atoms. The van der Waals surface area contributed by atoms with Gasteiger partial charge in [-0.15, -0.1) is 11.8 Å². The van der Waals surface area contributed by atoms with Crippen molar-refractivity contribution in [1.29, 1.82) is 0 Å². The number of halogens is 1. The van der Waals surface area contributed by atoms with Crippen LogP contribution in [0.5, 0.6) is 0 Å². The molecular formula is C26H25FN2O2S. The van der Waals surface area contributed by atoms with Gasteiger partial charge >= 0.3 is 0 Å². The van der Waals surface area contributed by atoms with Crippen LogP contribution in [0.2, 0.25) is 0 Å². The Morgan fingerprint density at radius 3 is 2.44 bits per heavy atom. The Balaban J connectivity index is 1.40. The van der Waals surface area contributed by atoms with Gasteiger partial charge in [-0.3, -0.25) is 9.59 Å². The van der Waals surface area contributed by atoms with Crippen molar-refractivity contribution in [2.24, 2.45) is 0 Å². The highest BCUT2D eigenvalue weighted by Gasteiger charge is 2.32. The van der Waals surface area contributed by atoms with E-state index >= 15 is 0 Å². The van der Waals surface area contributed by atoms with Crippen LogP contribution in [0.15, 0.2) is 78.9 Å². The minimum Gasteiger partial charge on any atom is -0.346 e. The largest absolute Gasteiger partial charge is 0.346 e. The molecule has 4 nitrogen and oxygen atoms in total. The molecule has 1 aliphatic rings. The van der Waals surface area contributed by atoms with E-state index in [0.717, 1.165) is 17.5 Å². The molecule has 2 amide bonds. The number of benzene rings is 3. The van der Waals surface area contributed by atoms with Gasteiger partial charge in [0.25, 0.3) is 5.91 Å². The molecule has 0 bridgehead atoms. The van der Waals surface area contributed by atoms with Crippen molar-refractivity contribution >= 4 is 23.6 Å². The Morgan fingerprint density at radius 1 is 1.06 bits per heavy atom. The van der Waals surface area contributed by atoms with E-state index in [0.29, 0.717) is 17.9 Å². The second-order valence-corrected chi connectivity index (χ2v) is 8.92. The Morgan fingerprint density at radius 2 is 1.75 bits per heavy atom. The van der Waals surface area contributed by atoms with E-state index in [1.54, 1.807) is 36.0 Å². The zero-order chi connectivity index (χ0) is 22.5. The summed E-state index contributed by atoms with van der Waals surface area (Å²) in [7, 11) is 0. The Hall–Kier alpha value is -3.12. The molecule has 164 valence electrons. The van der Waals surface area contributed by atoms with Crippen molar-refractivity contribution in [2.75, 3.05) is 12.3 Å². The molecule has 6 heteroatoms. The van der Waals surface area contributed by atoms with Gasteiger partial charge in [0.2, 0.25) is 5.91 Å². The number of amides is 2. The molecule has 0 unspecified atom stereocenters. The quantitative estimate of drug-likeness (QED) is 0.545. The van der Waals surface area contributed by atoms with E-state index in [1.807, 2.05) is 42.2 Å². The lowest BCUT2D eigenvalue weighted by Gasteiger charge is -2.24. The van der Waals surface area contributed by atoms with E-state index in [-0.39, 0.29) is 29.0 Å². The summed E-state index contributed by atoms with van der Waals surface area (Å²) in [6.45, 7) is 2.53. The molecule has 1 saturated heterocycles. The first-order valence-corrected chi connectivity index (χ1v) is 11.7. The summed E-state index contributed by atoms with van der Waals surface area (Å²) in [6.07, 6.45) is 0.811. The summed E-state index contributed by atoms with van der Waals surface area (Å²) in [4.78, 5) is 27.0. The van der Waals surface area contributed by atoms with E-state index in [1.165, 1.54) is 17.7 Å². The molecule has 0 radical (unpaired) electrons. The lowest BCUT2D eigenvalue weighted by Crippen LogP contribution is -2.30. The van der Waals surface area contributed by atoms with Gasteiger partial charge in [-0.25, -0.2) is 4.39 Å². The normalized spacial score (nSPS) is 16.8. The Bertz CT molecular complexity index is 1070. The van der Waals surface area contributed by atoms with Gasteiger partial charge < -0.3 is 10.2 Å². The van der Waals surface area contributed by atoms with Crippen LogP contribution in [-0.4, -0.2) is 29.0 Å². The van der Waals surface area contributed by atoms with Gasteiger partial charge in [-0.05, 0) is 54.3 Å². The van der Waals surface area contributed by atoms with Crippen molar-refractivity contribution in [1.82, 2.24) is 10.2 Å². The molecule has 4 rings (SSSR count). The number of carbonyl (C=O) groups excluding carboxylic acids is 2. The molecule has 32 heavy (non-hydrogen) atoms. The maximum atomic E-state index is 13.1. The van der Waals surface area contributed by atoms with Crippen molar-refractivity contribution in [3.8, 4) is 0 Å². The fraction of sp³-hybridized carbons (Fsp3) is 0.231. The topological polar surface area (TPSA) is 49.4 Å². The van der Waals surface area contributed by atoms with Gasteiger partial charge in [-0.2, -0.15) is 0 Å². The first kappa shape index (κ1) is 22.1. The third-order valence-electron chi connectivity index (χ3n) is 5.63. The van der Waals surface area contributed by atoms with E-state index in [4.69, 9.17) is 0 Å². The van der Waals surface area contributed by atoms with Crippen LogP contribution < -0.4 is 5.32 Å². The fourth-order valence-corrected chi connectivity index (χ4v) is 5.00. The first-order valence-electron chi connectivity index (χ1n) is 10.6. The monoisotopic (exact) mass is 448 g/mol. The molecule has 1 aliphatic heterocycles. The third kappa shape index (κ3) is 5.19. The van der Waals surface area contributed by atoms with Gasteiger partial charge in [0.15, 0.2) is 0 Å². The van der Waals surface area contributed by atoms with Crippen LogP contribution in [0.3, 0.4) is 0 Å². The number of rotatable bonds is 7. The standard InChI is InChI=1S/C26H25FN2O2S/c1-18(20-11-13-23(27)14-12-20)28-25(31)21-7-9-22(10-8-21)26-29(24(30)17-32-26)16-15-19-5-3-2-4-6-19/h2-14,18,26H,15-17H2,1H3,(H,28,31)/t18-,26+/m1/s1. The average molecular weight is 449 g/mol. The van der Waals surface area contributed by atoms with Crippen molar-refractivity contribution < 1.29 is 14.0 Å². The van der Waals surface area contributed by atoms with Crippen LogP contribution in [0.4, 0.5) is 4.39 Å². The summed E-state index contributed by atoms with van der Waals surface area (Å²) in [5, 5.41) is 2.90. The molecular weight excluding hydrogens is 423 g/mol. The maximum Gasteiger partial charge on any atom is 0.251 e. The highest BCUT2D eigenvalue weighted by atomic mass is 32.2. The molecule has 0 aliphatic carbocycles. The Labute approximate surface area is 191 Å². The molecule has 1 fully saturated rings. The number of nitrogens with one attached hydrogen (secondary N) is 1. The molecule has 3 aromatic rings. The lowest BCUT2D eigenvalue weighted by molar-refractivity contribution is -0.128. The summed E-state index contributed by atoms with van der Waals surface area (Å²) < 4.78 is 13.1. The molecule has 1 N–H and O–H groups in total. The van der Waals surface area contributed by atoms with Crippen molar-refractivity contribution in [3.63, 3.8) is 0 Å². The van der Waals surface area contributed by atoms with Crippen molar-refractivity contribution in [3.05, 3.63) is 107 Å². The second-order valence-electron chi connectivity index (χ2n) is 7.85. The molecule has 0 aromatic heterocycles. The number of thioether (sulfide) groups is 1. The van der Waals surface area contributed by atoms with Crippen LogP contribution in [0.1, 0.15) is 45.4 Å². The maximum absolute atomic E-state index is 13.1. The zero-order valence-electron chi connectivity index (χ0n) is 17.8. The summed E-state index contributed by atoms with van der Waals surface area (Å²) in [5.74, 6) is 0.121. The highest BCUT2D eigenvalue weighted by molar-refractivity contribution is 8.00. The fourth-order valence-electron chi connectivity index (χ4n) is 3.78. The molecule has 3 aromatic carbocycles. The first-order chi connectivity index (χ1) is 15.5. The van der Waals surface area contributed by atoms with Crippen LogP contribution in [-0.2, 0) is 11.2 Å². The molecule has 0 saturated carbocycles. The number of nitrogens with zero attached hydrogens (tertiary/aromatic N) is 1. The van der Waals surface area contributed by atoms with Crippen LogP contribution in [0, 0.1) is 5.82 Å². The van der Waals surface area contributed by atoms with Crippen LogP contribution in [0.25, 0.3) is 0 Å². The number of carbonyl (C=O) groups is 2. The highest BCUT2D eigenvalue weighted by Crippen LogP contribution is 2.38. The Kier molecular flexibility index (Phi) is 6.90. The van der Waals surface area contributed by atoms with Gasteiger partial charge in [0.1, 0.15) is 11.2 Å². The summed E-state index contributed by atoms with van der Waals surface area (Å²) in [6, 6.07) is 23.4. The van der Waals surface area contributed by atoms with E-state index in [2.05, 4.69) is 17.4 Å².